The van der Waals surface area contributed by atoms with E-state index in [9.17, 15) is 14.9 Å². The van der Waals surface area contributed by atoms with Crippen molar-refractivity contribution in [2.75, 3.05) is 5.32 Å². The number of pyridine rings is 1. The summed E-state index contributed by atoms with van der Waals surface area (Å²) >= 11 is 1.15. The van der Waals surface area contributed by atoms with Gasteiger partial charge in [0.25, 0.3) is 11.5 Å². The van der Waals surface area contributed by atoms with Gasteiger partial charge in [0.1, 0.15) is 15.8 Å². The number of carbonyl (C=O) groups is 1. The number of hydrogen-bond donors (Lipinski definition) is 2. The van der Waals surface area contributed by atoms with E-state index in [1.165, 1.54) is 6.07 Å². The first-order chi connectivity index (χ1) is 14.0. The van der Waals surface area contributed by atoms with Crippen molar-refractivity contribution in [2.45, 2.75) is 6.92 Å². The highest BCUT2D eigenvalue weighted by Gasteiger charge is 2.21. The zero-order valence-electron chi connectivity index (χ0n) is 15.5. The van der Waals surface area contributed by atoms with Crippen molar-refractivity contribution in [3.05, 3.63) is 87.0 Å². The summed E-state index contributed by atoms with van der Waals surface area (Å²) in [5.41, 5.74) is 8.49. The van der Waals surface area contributed by atoms with E-state index in [1.807, 2.05) is 49.4 Å². The number of nitriles is 1. The molecule has 0 radical (unpaired) electrons. The normalized spacial score (nSPS) is 10.6. The Hall–Kier alpha value is -3.89. The molecule has 142 valence electrons. The Balaban J connectivity index is 2.00. The number of aryl methyl sites for hydroxylation is 1. The molecule has 6 nitrogen and oxygen atoms in total. The summed E-state index contributed by atoms with van der Waals surface area (Å²) in [4.78, 5) is 25.7. The van der Waals surface area contributed by atoms with E-state index in [0.717, 1.165) is 16.9 Å². The Bertz CT molecular complexity index is 1350. The SMILES string of the molecule is Cc1cccc(Nc2c(C(N)=O)sc3c2ccc(=O)n3-c2ccccc2)c1C#N. The third-order valence-electron chi connectivity index (χ3n) is 4.62. The largest absolute Gasteiger partial charge is 0.365 e. The molecule has 0 aliphatic rings. The Labute approximate surface area is 170 Å². The molecule has 4 rings (SSSR count). The molecule has 2 heterocycles. The first kappa shape index (κ1) is 18.5. The fourth-order valence-corrected chi connectivity index (χ4v) is 4.38. The molecule has 0 saturated carbocycles. The van der Waals surface area contributed by atoms with Gasteiger partial charge < -0.3 is 11.1 Å². The van der Waals surface area contributed by atoms with Gasteiger partial charge in [-0.3, -0.25) is 14.2 Å². The number of nitrogens with two attached hydrogens (primary N) is 1. The molecule has 3 N–H and O–H groups in total. The Morgan fingerprint density at radius 2 is 1.86 bits per heavy atom. The quantitative estimate of drug-likeness (QED) is 0.539. The fourth-order valence-electron chi connectivity index (χ4n) is 3.26. The molecule has 0 unspecified atom stereocenters. The number of hydrogen-bond acceptors (Lipinski definition) is 5. The number of nitrogens with one attached hydrogen (secondary N) is 1. The number of anilines is 2. The van der Waals surface area contributed by atoms with Gasteiger partial charge in [0.05, 0.1) is 22.6 Å². The predicted molar refractivity (Wildman–Crippen MR) is 115 cm³/mol. The van der Waals surface area contributed by atoms with Crippen molar-refractivity contribution < 1.29 is 4.79 Å². The second kappa shape index (κ2) is 7.26. The molecule has 2 aromatic carbocycles. The van der Waals surface area contributed by atoms with Crippen LogP contribution in [0.15, 0.2) is 65.5 Å². The monoisotopic (exact) mass is 400 g/mol. The summed E-state index contributed by atoms with van der Waals surface area (Å²) in [6.45, 7) is 1.84. The van der Waals surface area contributed by atoms with Gasteiger partial charge in [0.2, 0.25) is 0 Å². The van der Waals surface area contributed by atoms with E-state index < -0.39 is 5.91 Å². The van der Waals surface area contributed by atoms with Crippen LogP contribution < -0.4 is 16.6 Å². The van der Waals surface area contributed by atoms with Crippen LogP contribution >= 0.6 is 11.3 Å². The summed E-state index contributed by atoms with van der Waals surface area (Å²) in [6, 6.07) is 20.0. The summed E-state index contributed by atoms with van der Waals surface area (Å²) in [7, 11) is 0. The molecule has 0 spiro atoms. The van der Waals surface area contributed by atoms with Crippen LogP contribution in [0, 0.1) is 18.3 Å². The molecular formula is C22H16N4O2S. The lowest BCUT2D eigenvalue weighted by Gasteiger charge is -2.11. The summed E-state index contributed by atoms with van der Waals surface area (Å²) in [6.07, 6.45) is 0. The van der Waals surface area contributed by atoms with Gasteiger partial charge in [-0.25, -0.2) is 0 Å². The maximum atomic E-state index is 12.6. The van der Waals surface area contributed by atoms with Crippen LogP contribution in [-0.4, -0.2) is 10.5 Å². The van der Waals surface area contributed by atoms with Crippen LogP contribution in [0.25, 0.3) is 15.9 Å². The van der Waals surface area contributed by atoms with Crippen molar-refractivity contribution in [3.63, 3.8) is 0 Å². The van der Waals surface area contributed by atoms with Gasteiger partial charge in [-0.05, 0) is 36.8 Å². The average Bonchev–Trinajstić information content (AvgIpc) is 3.07. The van der Waals surface area contributed by atoms with E-state index >= 15 is 0 Å². The number of nitrogens with zero attached hydrogens (tertiary/aromatic N) is 2. The highest BCUT2D eigenvalue weighted by Crippen LogP contribution is 2.38. The number of benzene rings is 2. The van der Waals surface area contributed by atoms with Crippen LogP contribution in [0.4, 0.5) is 11.4 Å². The number of amides is 1. The van der Waals surface area contributed by atoms with Gasteiger partial charge in [-0.2, -0.15) is 5.26 Å². The highest BCUT2D eigenvalue weighted by atomic mass is 32.1. The molecule has 2 aromatic heterocycles. The van der Waals surface area contributed by atoms with Gasteiger partial charge in [0, 0.05) is 11.5 Å². The molecule has 0 saturated heterocycles. The predicted octanol–water partition coefficient (Wildman–Crippen LogP) is 4.07. The third-order valence-corrected chi connectivity index (χ3v) is 5.83. The molecule has 4 aromatic rings. The molecule has 0 atom stereocenters. The van der Waals surface area contributed by atoms with Crippen molar-refractivity contribution >= 4 is 38.8 Å². The van der Waals surface area contributed by atoms with Gasteiger partial charge in [-0.1, -0.05) is 30.3 Å². The number of aromatic nitrogens is 1. The minimum absolute atomic E-state index is 0.208. The number of rotatable bonds is 4. The standard InChI is InChI=1S/C22H16N4O2S/c1-13-6-5-9-17(16(13)12-23)25-19-15-10-11-18(27)26(14-7-3-2-4-8-14)22(15)29-20(19)21(24)28/h2-11,25H,1H3,(H2,24,28). The first-order valence-corrected chi connectivity index (χ1v) is 9.63. The molecular weight excluding hydrogens is 384 g/mol. The second-order valence-corrected chi connectivity index (χ2v) is 7.47. The van der Waals surface area contributed by atoms with Gasteiger partial charge in [0.15, 0.2) is 0 Å². The molecule has 0 fully saturated rings. The molecule has 0 aliphatic carbocycles. The number of fused-ring (bicyclic) bond motifs is 1. The topological polar surface area (TPSA) is 101 Å². The van der Waals surface area contributed by atoms with Crippen molar-refractivity contribution in [1.29, 1.82) is 5.26 Å². The van der Waals surface area contributed by atoms with Crippen LogP contribution in [0.3, 0.4) is 0 Å². The lowest BCUT2D eigenvalue weighted by atomic mass is 10.1. The molecule has 7 heteroatoms. The zero-order chi connectivity index (χ0) is 20.5. The summed E-state index contributed by atoms with van der Waals surface area (Å²) < 4.78 is 1.55. The fraction of sp³-hybridized carbons (Fsp3) is 0.0455. The lowest BCUT2D eigenvalue weighted by molar-refractivity contribution is 0.100. The van der Waals surface area contributed by atoms with E-state index in [4.69, 9.17) is 5.73 Å². The van der Waals surface area contributed by atoms with E-state index in [-0.39, 0.29) is 5.56 Å². The molecule has 29 heavy (non-hydrogen) atoms. The van der Waals surface area contributed by atoms with Crippen LogP contribution in [0.1, 0.15) is 20.8 Å². The Kier molecular flexibility index (Phi) is 4.63. The van der Waals surface area contributed by atoms with Crippen molar-refractivity contribution in [3.8, 4) is 11.8 Å². The van der Waals surface area contributed by atoms with E-state index in [0.29, 0.717) is 37.7 Å². The third kappa shape index (κ3) is 3.16. The van der Waals surface area contributed by atoms with Crippen LogP contribution in [0.2, 0.25) is 0 Å². The number of carbonyl (C=O) groups excluding carboxylic acids is 1. The molecule has 0 aliphatic heterocycles. The van der Waals surface area contributed by atoms with E-state index in [2.05, 4.69) is 11.4 Å². The lowest BCUT2D eigenvalue weighted by Crippen LogP contribution is -2.16. The van der Waals surface area contributed by atoms with Gasteiger partial charge in [-0.15, -0.1) is 11.3 Å². The summed E-state index contributed by atoms with van der Waals surface area (Å²) in [5, 5.41) is 13.4. The highest BCUT2D eigenvalue weighted by molar-refractivity contribution is 7.21. The number of thiophene rings is 1. The Morgan fingerprint density at radius 3 is 2.55 bits per heavy atom. The van der Waals surface area contributed by atoms with Crippen LogP contribution in [0.5, 0.6) is 0 Å². The first-order valence-electron chi connectivity index (χ1n) is 8.81. The van der Waals surface area contributed by atoms with Crippen LogP contribution in [-0.2, 0) is 0 Å². The average molecular weight is 400 g/mol. The zero-order valence-corrected chi connectivity index (χ0v) is 16.3. The minimum atomic E-state index is -0.605. The number of primary amides is 1. The maximum Gasteiger partial charge on any atom is 0.261 e. The number of para-hydroxylation sites is 1. The smallest absolute Gasteiger partial charge is 0.261 e. The second-order valence-electron chi connectivity index (χ2n) is 6.47. The summed E-state index contributed by atoms with van der Waals surface area (Å²) in [5.74, 6) is -0.605. The van der Waals surface area contributed by atoms with Crippen molar-refractivity contribution in [1.82, 2.24) is 4.57 Å². The minimum Gasteiger partial charge on any atom is -0.365 e. The molecule has 0 bridgehead atoms. The van der Waals surface area contributed by atoms with E-state index in [1.54, 1.807) is 16.7 Å². The maximum absolute atomic E-state index is 12.6. The molecule has 1 amide bonds. The Morgan fingerprint density at radius 1 is 1.10 bits per heavy atom. The van der Waals surface area contributed by atoms with Crippen molar-refractivity contribution in [2.24, 2.45) is 5.73 Å². The van der Waals surface area contributed by atoms with Gasteiger partial charge >= 0.3 is 0 Å².